The standard InChI is InChI=1S/C25H26N2O3S/c28-25(24-14-8-7-13-23(24)19-21-9-3-1-4-10-21)26-15-17-27(18-16-26)31(29,30)20-22-11-5-2-6-12-22/h1-14H,15-20H2. The number of piperazine rings is 1. The molecule has 0 saturated carbocycles. The summed E-state index contributed by atoms with van der Waals surface area (Å²) in [7, 11) is -3.40. The molecule has 0 bridgehead atoms. The molecule has 4 rings (SSSR count). The molecule has 1 aliphatic heterocycles. The Morgan fingerprint density at radius 1 is 0.710 bits per heavy atom. The molecule has 1 saturated heterocycles. The Morgan fingerprint density at radius 2 is 1.26 bits per heavy atom. The normalized spacial score (nSPS) is 15.0. The van der Waals surface area contributed by atoms with E-state index >= 15 is 0 Å². The van der Waals surface area contributed by atoms with E-state index in [0.29, 0.717) is 38.2 Å². The van der Waals surface area contributed by atoms with Crippen molar-refractivity contribution in [2.75, 3.05) is 26.2 Å². The van der Waals surface area contributed by atoms with E-state index in [0.717, 1.165) is 16.7 Å². The van der Waals surface area contributed by atoms with Gasteiger partial charge in [-0.15, -0.1) is 0 Å². The smallest absolute Gasteiger partial charge is 0.254 e. The van der Waals surface area contributed by atoms with E-state index in [-0.39, 0.29) is 11.7 Å². The van der Waals surface area contributed by atoms with Crippen molar-refractivity contribution in [1.82, 2.24) is 9.21 Å². The Labute approximate surface area is 184 Å². The first-order valence-corrected chi connectivity index (χ1v) is 12.1. The summed E-state index contributed by atoms with van der Waals surface area (Å²) in [5.41, 5.74) is 3.60. The number of sulfonamides is 1. The molecule has 0 aliphatic carbocycles. The zero-order valence-corrected chi connectivity index (χ0v) is 18.2. The largest absolute Gasteiger partial charge is 0.336 e. The molecule has 1 heterocycles. The van der Waals surface area contributed by atoms with Gasteiger partial charge in [0.15, 0.2) is 0 Å². The van der Waals surface area contributed by atoms with Crippen LogP contribution in [-0.2, 0) is 22.2 Å². The van der Waals surface area contributed by atoms with Crippen LogP contribution >= 0.6 is 0 Å². The lowest BCUT2D eigenvalue weighted by Crippen LogP contribution is -2.50. The molecule has 0 N–H and O–H groups in total. The summed E-state index contributed by atoms with van der Waals surface area (Å²) in [5, 5.41) is 0. The summed E-state index contributed by atoms with van der Waals surface area (Å²) in [5.74, 6) is -0.0477. The highest BCUT2D eigenvalue weighted by Crippen LogP contribution is 2.19. The third kappa shape index (κ3) is 5.21. The number of hydrogen-bond acceptors (Lipinski definition) is 3. The van der Waals surface area contributed by atoms with Crippen molar-refractivity contribution in [1.29, 1.82) is 0 Å². The lowest BCUT2D eigenvalue weighted by atomic mass is 9.99. The average molecular weight is 435 g/mol. The third-order valence-electron chi connectivity index (χ3n) is 5.60. The zero-order chi connectivity index (χ0) is 21.7. The van der Waals surface area contributed by atoms with Crippen LogP contribution in [-0.4, -0.2) is 49.7 Å². The van der Waals surface area contributed by atoms with E-state index in [4.69, 9.17) is 0 Å². The molecule has 5 nitrogen and oxygen atoms in total. The maximum Gasteiger partial charge on any atom is 0.254 e. The molecule has 0 atom stereocenters. The zero-order valence-electron chi connectivity index (χ0n) is 17.4. The van der Waals surface area contributed by atoms with Crippen molar-refractivity contribution >= 4 is 15.9 Å². The maximum atomic E-state index is 13.2. The summed E-state index contributed by atoms with van der Waals surface area (Å²) in [6.45, 7) is 1.43. The fourth-order valence-electron chi connectivity index (χ4n) is 3.91. The Bertz CT molecular complexity index is 1120. The molecule has 1 fully saturated rings. The summed E-state index contributed by atoms with van der Waals surface area (Å²) >= 11 is 0. The second kappa shape index (κ2) is 9.45. The van der Waals surface area contributed by atoms with E-state index < -0.39 is 10.0 Å². The fraction of sp³-hybridized carbons (Fsp3) is 0.240. The minimum absolute atomic E-state index is 0.0122. The van der Waals surface area contributed by atoms with Crippen LogP contribution in [0.2, 0.25) is 0 Å². The molecule has 3 aromatic rings. The molecule has 1 aliphatic rings. The number of carbonyl (C=O) groups excluding carboxylic acids is 1. The van der Waals surface area contributed by atoms with Gasteiger partial charge in [0.1, 0.15) is 0 Å². The molecular weight excluding hydrogens is 408 g/mol. The van der Waals surface area contributed by atoms with Crippen molar-refractivity contribution in [2.45, 2.75) is 12.2 Å². The second-order valence-electron chi connectivity index (χ2n) is 7.75. The van der Waals surface area contributed by atoms with Gasteiger partial charge in [-0.1, -0.05) is 78.9 Å². The Kier molecular flexibility index (Phi) is 6.49. The quantitative estimate of drug-likeness (QED) is 0.596. The van der Waals surface area contributed by atoms with Gasteiger partial charge in [0.25, 0.3) is 5.91 Å². The number of carbonyl (C=O) groups is 1. The van der Waals surface area contributed by atoms with E-state index in [1.807, 2.05) is 72.8 Å². The van der Waals surface area contributed by atoms with Crippen molar-refractivity contribution < 1.29 is 13.2 Å². The van der Waals surface area contributed by atoms with Crippen LogP contribution in [0.5, 0.6) is 0 Å². The van der Waals surface area contributed by atoms with Gasteiger partial charge < -0.3 is 4.90 Å². The maximum absolute atomic E-state index is 13.2. The lowest BCUT2D eigenvalue weighted by Gasteiger charge is -2.34. The molecule has 0 spiro atoms. The van der Waals surface area contributed by atoms with Crippen molar-refractivity contribution in [3.05, 3.63) is 107 Å². The minimum atomic E-state index is -3.40. The van der Waals surface area contributed by atoms with Crippen LogP contribution < -0.4 is 0 Å². The lowest BCUT2D eigenvalue weighted by molar-refractivity contribution is 0.0697. The van der Waals surface area contributed by atoms with Crippen LogP contribution in [0.15, 0.2) is 84.9 Å². The molecule has 3 aromatic carbocycles. The van der Waals surface area contributed by atoms with Crippen molar-refractivity contribution in [2.24, 2.45) is 0 Å². The van der Waals surface area contributed by atoms with Gasteiger partial charge in [0.2, 0.25) is 10.0 Å². The molecule has 1 amide bonds. The average Bonchev–Trinajstić information content (AvgIpc) is 2.80. The topological polar surface area (TPSA) is 57.7 Å². The highest BCUT2D eigenvalue weighted by atomic mass is 32.2. The molecule has 160 valence electrons. The fourth-order valence-corrected chi connectivity index (χ4v) is 5.43. The van der Waals surface area contributed by atoms with E-state index in [1.54, 1.807) is 4.90 Å². The van der Waals surface area contributed by atoms with Crippen molar-refractivity contribution in [3.8, 4) is 0 Å². The van der Waals surface area contributed by atoms with Crippen LogP contribution in [0, 0.1) is 0 Å². The predicted octanol–water partition coefficient (Wildman–Crippen LogP) is 3.57. The Balaban J connectivity index is 1.42. The first-order valence-electron chi connectivity index (χ1n) is 10.5. The molecule has 0 aromatic heterocycles. The molecule has 0 unspecified atom stereocenters. The number of amides is 1. The first-order chi connectivity index (χ1) is 15.0. The molecule has 6 heteroatoms. The minimum Gasteiger partial charge on any atom is -0.336 e. The number of nitrogens with zero attached hydrogens (tertiary/aromatic N) is 2. The van der Waals surface area contributed by atoms with E-state index in [9.17, 15) is 13.2 Å². The first kappa shape index (κ1) is 21.3. The number of benzene rings is 3. The highest BCUT2D eigenvalue weighted by Gasteiger charge is 2.29. The Morgan fingerprint density at radius 3 is 1.90 bits per heavy atom. The molecule has 0 radical (unpaired) electrons. The van der Waals surface area contributed by atoms with Gasteiger partial charge in [-0.2, -0.15) is 4.31 Å². The monoisotopic (exact) mass is 434 g/mol. The second-order valence-corrected chi connectivity index (χ2v) is 9.72. The van der Waals surface area contributed by atoms with Gasteiger partial charge in [-0.25, -0.2) is 8.42 Å². The van der Waals surface area contributed by atoms with E-state index in [2.05, 4.69) is 12.1 Å². The summed E-state index contributed by atoms with van der Waals surface area (Å²) in [6.07, 6.45) is 0.689. The summed E-state index contributed by atoms with van der Waals surface area (Å²) in [4.78, 5) is 15.0. The number of hydrogen-bond donors (Lipinski definition) is 0. The summed E-state index contributed by atoms with van der Waals surface area (Å²) < 4.78 is 27.1. The van der Waals surface area contributed by atoms with Crippen LogP contribution in [0.3, 0.4) is 0 Å². The van der Waals surface area contributed by atoms with Crippen LogP contribution in [0.25, 0.3) is 0 Å². The van der Waals surface area contributed by atoms with E-state index in [1.165, 1.54) is 4.31 Å². The highest BCUT2D eigenvalue weighted by molar-refractivity contribution is 7.88. The number of rotatable bonds is 6. The van der Waals surface area contributed by atoms with Gasteiger partial charge >= 0.3 is 0 Å². The molecular formula is C25H26N2O3S. The molecule has 31 heavy (non-hydrogen) atoms. The van der Waals surface area contributed by atoms with Crippen molar-refractivity contribution in [3.63, 3.8) is 0 Å². The SMILES string of the molecule is O=C(c1ccccc1Cc1ccccc1)N1CCN(S(=O)(=O)Cc2ccccc2)CC1. The van der Waals surface area contributed by atoms with Gasteiger partial charge in [0, 0.05) is 31.7 Å². The van der Waals surface area contributed by atoms with Crippen LogP contribution in [0.1, 0.15) is 27.0 Å². The van der Waals surface area contributed by atoms with Gasteiger partial charge in [-0.3, -0.25) is 4.79 Å². The summed E-state index contributed by atoms with van der Waals surface area (Å²) in [6, 6.07) is 26.9. The third-order valence-corrected chi connectivity index (χ3v) is 7.45. The van der Waals surface area contributed by atoms with Gasteiger partial charge in [0.05, 0.1) is 5.75 Å². The predicted molar refractivity (Wildman–Crippen MR) is 122 cm³/mol. The Hall–Kier alpha value is -2.96. The van der Waals surface area contributed by atoms with Crippen LogP contribution in [0.4, 0.5) is 0 Å². The van der Waals surface area contributed by atoms with Gasteiger partial charge in [-0.05, 0) is 29.2 Å².